The Bertz CT molecular complexity index is 1400. The maximum Gasteiger partial charge on any atom is 0.321 e. The van der Waals surface area contributed by atoms with Crippen molar-refractivity contribution in [2.75, 3.05) is 17.3 Å². The van der Waals surface area contributed by atoms with E-state index in [1.165, 1.54) is 35.5 Å². The van der Waals surface area contributed by atoms with Crippen LogP contribution in [0.15, 0.2) is 60.7 Å². The van der Waals surface area contributed by atoms with Gasteiger partial charge in [-0.2, -0.15) is 8.42 Å². The Morgan fingerprint density at radius 3 is 2.07 bits per heavy atom. The number of rotatable bonds is 6. The van der Waals surface area contributed by atoms with Crippen LogP contribution < -0.4 is 0 Å². The standard InChI is InChI=1S/C22H25N2OS.C10H16O4S/c25-22-23(14-17-8-3-1-4-9-17)19-16-26-13-7-12-20(26)21(19)24(22)15-18-10-5-2-6-11-18;1-9(2)7-3-4-10(9,8(11)5-7)6-15(12,13)14/h1-6,8-11,19-21H,7,12-16H2;7H,3-6H2,1-2H3,(H,12,13,14)/q+1;. The molecule has 9 heteroatoms. The van der Waals surface area contributed by atoms with Crippen molar-refractivity contribution < 1.29 is 22.6 Å². The molecule has 1 N–H and O–H groups in total. The van der Waals surface area contributed by atoms with Crippen molar-refractivity contribution in [1.82, 2.24) is 9.80 Å². The van der Waals surface area contributed by atoms with E-state index in [1.54, 1.807) is 0 Å². The number of carbonyl (C=O) groups excluding carboxylic acids is 2. The van der Waals surface area contributed by atoms with Crippen LogP contribution in [0, 0.1) is 16.7 Å². The third-order valence-corrected chi connectivity index (χ3v) is 14.5. The van der Waals surface area contributed by atoms with E-state index < -0.39 is 21.3 Å². The summed E-state index contributed by atoms with van der Waals surface area (Å²) in [6.45, 7) is 5.39. The lowest BCUT2D eigenvalue weighted by Crippen LogP contribution is -2.42. The van der Waals surface area contributed by atoms with Crippen LogP contribution in [0.1, 0.15) is 57.1 Å². The second-order valence-electron chi connectivity index (χ2n) is 13.0. The van der Waals surface area contributed by atoms with Crippen LogP contribution in [0.2, 0.25) is 0 Å². The van der Waals surface area contributed by atoms with E-state index in [-0.39, 0.29) is 23.1 Å². The SMILES string of the molecule is CC1(C)C2CCC1(CS(=O)(=O)O)C(=O)C2.O=C1N(Cc2ccccc2)C2C[S+]3CCCC3C2N1Cc1ccccc1. The lowest BCUT2D eigenvalue weighted by molar-refractivity contribution is -0.128. The van der Waals surface area contributed by atoms with E-state index in [1.807, 2.05) is 26.0 Å². The minimum absolute atomic E-state index is 0.0152. The van der Waals surface area contributed by atoms with Crippen LogP contribution >= 0.6 is 0 Å². The van der Waals surface area contributed by atoms with Crippen LogP contribution in [0.25, 0.3) is 0 Å². The van der Waals surface area contributed by atoms with Gasteiger partial charge < -0.3 is 9.80 Å². The Balaban J connectivity index is 0.000000172. The minimum Gasteiger partial charge on any atom is -0.310 e. The van der Waals surface area contributed by atoms with Crippen molar-refractivity contribution in [3.05, 3.63) is 71.8 Å². The van der Waals surface area contributed by atoms with E-state index >= 15 is 0 Å². The highest BCUT2D eigenvalue weighted by Crippen LogP contribution is 2.64. The molecule has 0 radical (unpaired) electrons. The number of fused-ring (bicyclic) bond motifs is 5. The Morgan fingerprint density at radius 1 is 0.927 bits per heavy atom. The van der Waals surface area contributed by atoms with Gasteiger partial charge in [0.15, 0.2) is 0 Å². The molecule has 6 unspecified atom stereocenters. The monoisotopic (exact) mass is 597 g/mol. The van der Waals surface area contributed by atoms with Gasteiger partial charge in [-0.25, -0.2) is 4.79 Å². The Morgan fingerprint density at radius 2 is 1.54 bits per heavy atom. The first kappa shape index (κ1) is 28.7. The lowest BCUT2D eigenvalue weighted by atomic mass is 9.70. The largest absolute Gasteiger partial charge is 0.321 e. The Labute approximate surface area is 246 Å². The number of ketones is 1. The normalized spacial score (nSPS) is 33.1. The molecule has 2 saturated carbocycles. The molecule has 2 aromatic carbocycles. The molecule has 220 valence electrons. The second kappa shape index (κ2) is 10.7. The number of hydrogen-bond donors (Lipinski definition) is 1. The molecule has 2 amide bonds. The topological polar surface area (TPSA) is 95.0 Å². The molecule has 0 spiro atoms. The van der Waals surface area contributed by atoms with Crippen LogP contribution in [-0.2, 0) is 38.9 Å². The summed E-state index contributed by atoms with van der Waals surface area (Å²) in [4.78, 5) is 29.6. The van der Waals surface area contributed by atoms with Crippen LogP contribution in [-0.4, -0.2) is 69.2 Å². The van der Waals surface area contributed by atoms with Gasteiger partial charge in [0.05, 0.1) is 11.2 Å². The molecule has 5 fully saturated rings. The number of Topliss-reactive ketones (excluding diaryl/α,β-unsaturated/α-hetero) is 1. The number of carbonyl (C=O) groups is 2. The number of urea groups is 1. The molecule has 3 aliphatic heterocycles. The maximum atomic E-state index is 13.4. The lowest BCUT2D eigenvalue weighted by Gasteiger charge is -2.35. The first-order valence-electron chi connectivity index (χ1n) is 14.8. The first-order chi connectivity index (χ1) is 19.5. The molecular weight excluding hydrogens is 556 g/mol. The summed E-state index contributed by atoms with van der Waals surface area (Å²) in [6, 6.07) is 22.0. The van der Waals surface area contributed by atoms with Gasteiger partial charge in [0.25, 0.3) is 10.1 Å². The summed E-state index contributed by atoms with van der Waals surface area (Å²) >= 11 is 0. The molecule has 3 saturated heterocycles. The molecule has 3 heterocycles. The van der Waals surface area contributed by atoms with Gasteiger partial charge in [-0.3, -0.25) is 9.35 Å². The molecule has 6 atom stereocenters. The highest BCUT2D eigenvalue weighted by molar-refractivity contribution is 7.98. The smallest absolute Gasteiger partial charge is 0.310 e. The number of nitrogens with zero attached hydrogens (tertiary/aromatic N) is 2. The third kappa shape index (κ3) is 5.12. The summed E-state index contributed by atoms with van der Waals surface area (Å²) in [5, 5.41) is 0.730. The molecule has 2 aliphatic carbocycles. The van der Waals surface area contributed by atoms with Crippen molar-refractivity contribution in [3.8, 4) is 0 Å². The summed E-state index contributed by atoms with van der Waals surface area (Å²) in [6.07, 6.45) is 4.63. The predicted octanol–water partition coefficient (Wildman–Crippen LogP) is 4.93. The molecule has 41 heavy (non-hydrogen) atoms. The summed E-state index contributed by atoms with van der Waals surface area (Å²) < 4.78 is 31.0. The zero-order valence-electron chi connectivity index (χ0n) is 23.9. The van der Waals surface area contributed by atoms with Gasteiger partial charge >= 0.3 is 6.03 Å². The molecule has 7 nitrogen and oxygen atoms in total. The zero-order chi connectivity index (χ0) is 29.0. The summed E-state index contributed by atoms with van der Waals surface area (Å²) in [5.74, 6) is 2.50. The molecular formula is C32H41N2O5S2+. The summed E-state index contributed by atoms with van der Waals surface area (Å²) in [5.41, 5.74) is 1.36. The minimum atomic E-state index is -4.08. The summed E-state index contributed by atoms with van der Waals surface area (Å²) in [7, 11) is -3.56. The maximum absolute atomic E-state index is 13.4. The van der Waals surface area contributed by atoms with E-state index in [9.17, 15) is 18.0 Å². The fourth-order valence-corrected chi connectivity index (χ4v) is 13.0. The van der Waals surface area contributed by atoms with Crippen LogP contribution in [0.4, 0.5) is 4.79 Å². The molecule has 2 bridgehead atoms. The number of benzene rings is 2. The fourth-order valence-electron chi connectivity index (χ4n) is 8.38. The van der Waals surface area contributed by atoms with Crippen molar-refractivity contribution in [2.24, 2.45) is 16.7 Å². The average molecular weight is 598 g/mol. The second-order valence-corrected chi connectivity index (χ2v) is 16.9. The first-order valence-corrected chi connectivity index (χ1v) is 18.0. The number of hydrogen-bond acceptors (Lipinski definition) is 4. The van der Waals surface area contributed by atoms with E-state index in [4.69, 9.17) is 4.55 Å². The Kier molecular flexibility index (Phi) is 7.52. The predicted molar refractivity (Wildman–Crippen MR) is 162 cm³/mol. The van der Waals surface area contributed by atoms with Gasteiger partial charge in [-0.1, -0.05) is 74.5 Å². The molecule has 7 rings (SSSR count). The van der Waals surface area contributed by atoms with Gasteiger partial charge in [0, 0.05) is 25.9 Å². The quantitative estimate of drug-likeness (QED) is 0.290. The Hall–Kier alpha value is -2.36. The van der Waals surface area contributed by atoms with Gasteiger partial charge in [0.1, 0.15) is 34.6 Å². The van der Waals surface area contributed by atoms with E-state index in [0.717, 1.165) is 24.8 Å². The van der Waals surface area contributed by atoms with Gasteiger partial charge in [-0.05, 0) is 52.6 Å². The average Bonchev–Trinajstić information content (AvgIpc) is 3.67. The molecule has 0 aromatic heterocycles. The van der Waals surface area contributed by atoms with Crippen LogP contribution in [0.3, 0.4) is 0 Å². The van der Waals surface area contributed by atoms with Crippen molar-refractivity contribution in [3.63, 3.8) is 0 Å². The fraction of sp³-hybridized carbons (Fsp3) is 0.562. The van der Waals surface area contributed by atoms with Crippen molar-refractivity contribution in [1.29, 1.82) is 0 Å². The zero-order valence-corrected chi connectivity index (χ0v) is 25.6. The number of amides is 2. The van der Waals surface area contributed by atoms with Crippen molar-refractivity contribution in [2.45, 2.75) is 76.4 Å². The van der Waals surface area contributed by atoms with Crippen LogP contribution in [0.5, 0.6) is 0 Å². The molecule has 5 aliphatic rings. The van der Waals surface area contributed by atoms with Crippen molar-refractivity contribution >= 4 is 32.8 Å². The highest BCUT2D eigenvalue weighted by Gasteiger charge is 2.65. The molecule has 2 aromatic rings. The third-order valence-electron chi connectivity index (χ3n) is 10.7. The van der Waals surface area contributed by atoms with E-state index in [0.29, 0.717) is 35.8 Å². The van der Waals surface area contributed by atoms with Gasteiger partial charge in [0.2, 0.25) is 0 Å². The van der Waals surface area contributed by atoms with Gasteiger partial charge in [-0.15, -0.1) is 0 Å². The van der Waals surface area contributed by atoms with E-state index in [2.05, 4.69) is 58.3 Å². The highest BCUT2D eigenvalue weighted by atomic mass is 32.2.